The number of carbonyl (C=O) groups excluding carboxylic acids is 4. The summed E-state index contributed by atoms with van der Waals surface area (Å²) in [6.45, 7) is 1.25. The van der Waals surface area contributed by atoms with E-state index in [-0.39, 0.29) is 66.3 Å². The van der Waals surface area contributed by atoms with E-state index in [0.717, 1.165) is 12.6 Å². The van der Waals surface area contributed by atoms with Crippen LogP contribution in [-0.4, -0.2) is 112 Å². The molecule has 71 heavy (non-hydrogen) atoms. The van der Waals surface area contributed by atoms with Gasteiger partial charge in [-0.3, -0.25) is 43.1 Å². The summed E-state index contributed by atoms with van der Waals surface area (Å²) in [5, 5.41) is 21.9. The van der Waals surface area contributed by atoms with E-state index in [4.69, 9.17) is 44.1 Å². The molecule has 29 heteroatoms. The van der Waals surface area contributed by atoms with Crippen LogP contribution in [0.2, 0.25) is 0 Å². The summed E-state index contributed by atoms with van der Waals surface area (Å²) in [6, 6.07) is 5.80. The average molecular weight is 1070 g/mol. The fourth-order valence-electron chi connectivity index (χ4n) is 7.84. The first-order valence-electron chi connectivity index (χ1n) is 22.2. The number of alkyl carbamates (subject to hydrolysis) is 1. The van der Waals surface area contributed by atoms with E-state index in [9.17, 15) is 38.5 Å². The first-order valence-corrected chi connectivity index (χ1v) is 27.5. The third-order valence-corrected chi connectivity index (χ3v) is 14.2. The van der Waals surface area contributed by atoms with Crippen LogP contribution in [0.3, 0.4) is 0 Å². The van der Waals surface area contributed by atoms with Gasteiger partial charge in [0.25, 0.3) is 11.5 Å². The minimum Gasteiger partial charge on any atom is -0.474 e. The Hall–Kier alpha value is -5.50. The van der Waals surface area contributed by atoms with Gasteiger partial charge in [-0.25, -0.2) is 24.3 Å². The Morgan fingerprint density at radius 3 is 2.55 bits per heavy atom. The first-order chi connectivity index (χ1) is 33.5. The van der Waals surface area contributed by atoms with E-state index in [1.165, 1.54) is 30.1 Å². The van der Waals surface area contributed by atoms with Gasteiger partial charge in [0, 0.05) is 42.6 Å². The molecule has 1 saturated carbocycles. The number of hydrogen-bond donors (Lipinski definition) is 8. The van der Waals surface area contributed by atoms with Gasteiger partial charge < -0.3 is 49.2 Å². The van der Waals surface area contributed by atoms with Crippen molar-refractivity contribution < 1.29 is 66.0 Å². The number of imidazole rings is 1. The largest absolute Gasteiger partial charge is 0.474 e. The standard InChI is InChI=1S/C42H54N10O15P2S2/c1-21(2)30(48-41(58)65-42(4,5)6)37(56)47-22(3)35(54)44-17-24-9-7-8-10-26(24)36(55)50-40-49-34-31(38(57)51-40)46-20-52(34)39-33-32(53)28(64-39)18-62-69(60,71)66-27-16-25(63-29-11-13-43-19-45-29)15-23(27)12-14-61-68(59,70)67-33/h7-11,13,18-23,25,27,30,32-33,39,53H,12,14-17H2,1-6H3,(H,44,54)(H,47,56)(H,48,58)(H,59,70)(H,60,71)(H2,49,50,51,55,57)/b28-18+/t22-,23-,25+,27-,30-,32+,33+,39+,68?,69?/m0/s1. The van der Waals surface area contributed by atoms with Crippen molar-refractivity contribution in [1.82, 2.24) is 45.4 Å². The van der Waals surface area contributed by atoms with Gasteiger partial charge in [0.1, 0.15) is 48.8 Å². The molecule has 2 bridgehead atoms. The highest BCUT2D eigenvalue weighted by atomic mass is 32.7. The van der Waals surface area contributed by atoms with Crippen LogP contribution in [0.1, 0.15) is 83.0 Å². The van der Waals surface area contributed by atoms with Crippen LogP contribution in [-0.2, 0) is 60.1 Å². The molecule has 7 rings (SSSR count). The molecule has 384 valence electrons. The number of ether oxygens (including phenoxy) is 3. The number of aromatic nitrogens is 6. The van der Waals surface area contributed by atoms with Crippen molar-refractivity contribution in [3.05, 3.63) is 82.7 Å². The van der Waals surface area contributed by atoms with Crippen LogP contribution in [0, 0.1) is 11.8 Å². The highest BCUT2D eigenvalue weighted by molar-refractivity contribution is 8.44. The summed E-state index contributed by atoms with van der Waals surface area (Å²) in [5.74, 6) is -3.01. The zero-order valence-electron chi connectivity index (χ0n) is 39.1. The second kappa shape index (κ2) is 22.1. The number of amides is 4. The fourth-order valence-corrected chi connectivity index (χ4v) is 10.7. The fraction of sp³-hybridized carbons (Fsp3) is 0.500. The second-order valence-electron chi connectivity index (χ2n) is 18.0. The van der Waals surface area contributed by atoms with Crippen LogP contribution < -0.4 is 31.6 Å². The van der Waals surface area contributed by atoms with E-state index in [0.29, 0.717) is 17.9 Å². The van der Waals surface area contributed by atoms with E-state index < -0.39 is 91.2 Å². The van der Waals surface area contributed by atoms with Crippen molar-refractivity contribution in [2.24, 2.45) is 11.8 Å². The number of aliphatic hydroxyl groups excluding tert-OH is 1. The lowest BCUT2D eigenvalue weighted by molar-refractivity contribution is -0.130. The molecule has 0 radical (unpaired) electrons. The molecule has 2 aliphatic heterocycles. The van der Waals surface area contributed by atoms with Gasteiger partial charge in [-0.05, 0) is 64.0 Å². The van der Waals surface area contributed by atoms with Crippen LogP contribution in [0.25, 0.3) is 11.2 Å². The molecule has 10 atom stereocenters. The van der Waals surface area contributed by atoms with E-state index in [1.807, 2.05) is 0 Å². The number of H-pyrrole nitrogens is 1. The van der Waals surface area contributed by atoms with Crippen molar-refractivity contribution in [3.63, 3.8) is 0 Å². The number of nitrogens with zero attached hydrogens (tertiary/aromatic N) is 5. The van der Waals surface area contributed by atoms with Crippen molar-refractivity contribution in [2.75, 3.05) is 11.9 Å². The molecule has 25 nitrogen and oxygen atoms in total. The third-order valence-electron chi connectivity index (χ3n) is 11.2. The van der Waals surface area contributed by atoms with E-state index in [1.54, 1.807) is 58.9 Å². The van der Waals surface area contributed by atoms with Crippen LogP contribution >= 0.6 is 25.8 Å². The Labute approximate surface area is 416 Å². The van der Waals surface area contributed by atoms with Crippen LogP contribution in [0.4, 0.5) is 10.7 Å². The van der Waals surface area contributed by atoms with Gasteiger partial charge in [0.2, 0.25) is 29.9 Å². The molecular weight excluding hydrogens is 1010 g/mol. The molecule has 3 aliphatic rings. The smallest absolute Gasteiger partial charge is 0.408 e. The summed E-state index contributed by atoms with van der Waals surface area (Å²) < 4.78 is 55.2. The molecule has 7 N–H and O–H groups in total. The topological polar surface area (TPSA) is 328 Å². The molecule has 2 unspecified atom stereocenters. The number of nitrogens with one attached hydrogen (secondary N) is 5. The molecule has 2 fully saturated rings. The number of anilines is 1. The zero-order chi connectivity index (χ0) is 51.4. The molecule has 1 aromatic carbocycles. The monoisotopic (exact) mass is 1060 g/mol. The predicted octanol–water partition coefficient (Wildman–Crippen LogP) is 3.88. The molecule has 4 amide bonds. The SMILES string of the molecule is CC(C)[C@H](NC(=O)OC(C)(C)C)C(=O)N[C@@H](C)C(=O)NCc1ccccc1C(=O)Nc1nc2c(ncn2[C@@H]2O/C3=C/OP(O)(=S)O[C@H]4C[C@H](Oc5ccncn5)C[C@@H]4CCOP(=O)(S)O[C@@H]2[C@@H]3O)c(=O)[nH]1. The summed E-state index contributed by atoms with van der Waals surface area (Å²) >= 11 is 9.54. The summed E-state index contributed by atoms with van der Waals surface area (Å²) in [5.41, 5.74) is -1.60. The highest BCUT2D eigenvalue weighted by Gasteiger charge is 2.49. The maximum Gasteiger partial charge on any atom is 0.408 e. The van der Waals surface area contributed by atoms with Crippen molar-refractivity contribution in [1.29, 1.82) is 0 Å². The predicted molar refractivity (Wildman–Crippen MR) is 258 cm³/mol. The Morgan fingerprint density at radius 1 is 1.07 bits per heavy atom. The Morgan fingerprint density at radius 2 is 1.83 bits per heavy atom. The first kappa shape index (κ1) is 53.3. The number of carbonyl (C=O) groups is 4. The molecule has 0 spiro atoms. The zero-order valence-corrected chi connectivity index (χ0v) is 42.6. The van der Waals surface area contributed by atoms with Gasteiger partial charge in [0.15, 0.2) is 23.0 Å². The summed E-state index contributed by atoms with van der Waals surface area (Å²) in [7, 11) is 0. The number of rotatable bonds is 12. The van der Waals surface area contributed by atoms with Crippen molar-refractivity contribution in [3.8, 4) is 5.88 Å². The number of aromatic amines is 1. The third kappa shape index (κ3) is 13.7. The summed E-state index contributed by atoms with van der Waals surface area (Å²) in [4.78, 5) is 96.1. The molecule has 3 aromatic heterocycles. The second-order valence-corrected chi connectivity index (χ2v) is 23.7. The normalized spacial score (nSPS) is 27.3. The lowest BCUT2D eigenvalue weighted by Crippen LogP contribution is -2.55. The highest BCUT2D eigenvalue weighted by Crippen LogP contribution is 2.58. The van der Waals surface area contributed by atoms with Crippen molar-refractivity contribution in [2.45, 2.75) is 116 Å². The molecule has 1 saturated heterocycles. The van der Waals surface area contributed by atoms with E-state index in [2.05, 4.69) is 58.4 Å². The number of benzene rings is 1. The van der Waals surface area contributed by atoms with Gasteiger partial charge in [-0.2, -0.15) is 4.98 Å². The lowest BCUT2D eigenvalue weighted by atomic mass is 10.0. The molecule has 4 aromatic rings. The van der Waals surface area contributed by atoms with Crippen LogP contribution in [0.15, 0.2) is 66.0 Å². The number of hydrogen-bond acceptors (Lipinski definition) is 19. The van der Waals surface area contributed by atoms with Crippen molar-refractivity contribution >= 4 is 78.5 Å². The van der Waals surface area contributed by atoms with Gasteiger partial charge >= 0.3 is 19.6 Å². The number of fused-ring (bicyclic) bond motifs is 4. The molecule has 1 aliphatic carbocycles. The number of thiol groups is 1. The maximum atomic E-state index is 13.8. The summed E-state index contributed by atoms with van der Waals surface area (Å²) in [6.07, 6.45) is -0.961. The van der Waals surface area contributed by atoms with Gasteiger partial charge in [-0.1, -0.05) is 44.3 Å². The molecule has 5 heterocycles. The maximum absolute atomic E-state index is 13.8. The minimum atomic E-state index is -4.30. The lowest BCUT2D eigenvalue weighted by Gasteiger charge is -2.26. The van der Waals surface area contributed by atoms with Gasteiger partial charge in [0.05, 0.1) is 12.7 Å². The Balaban J connectivity index is 1.05. The van der Waals surface area contributed by atoms with Crippen LogP contribution in [0.5, 0.6) is 5.88 Å². The van der Waals surface area contributed by atoms with E-state index >= 15 is 0 Å². The molecular formula is C42H54N10O15P2S2. The quantitative estimate of drug-likeness (QED) is 0.0737. The van der Waals surface area contributed by atoms with Gasteiger partial charge in [-0.15, -0.1) is 0 Å². The number of aliphatic hydroxyl groups is 1. The minimum absolute atomic E-state index is 0.0775. The Kier molecular flexibility index (Phi) is 16.6. The average Bonchev–Trinajstić information content (AvgIpc) is 3.97. The Bertz CT molecular complexity index is 2810.